The number of hydrazine groups is 1. The van der Waals surface area contributed by atoms with Gasteiger partial charge in [-0.05, 0) is 48.0 Å². The van der Waals surface area contributed by atoms with Gasteiger partial charge < -0.3 is 10.2 Å². The number of hydrogen-bond donors (Lipinski definition) is 2. The van der Waals surface area contributed by atoms with Crippen molar-refractivity contribution in [1.82, 2.24) is 10.4 Å². The lowest BCUT2D eigenvalue weighted by molar-refractivity contribution is -0.124. The van der Waals surface area contributed by atoms with E-state index < -0.39 is 11.8 Å². The van der Waals surface area contributed by atoms with Gasteiger partial charge in [0.2, 0.25) is 5.91 Å². The van der Waals surface area contributed by atoms with Gasteiger partial charge in [-0.1, -0.05) is 42.5 Å². The molecule has 0 unspecified atom stereocenters. The maximum atomic E-state index is 13.3. The van der Waals surface area contributed by atoms with Crippen molar-refractivity contribution in [1.29, 1.82) is 0 Å². The predicted octanol–water partition coefficient (Wildman–Crippen LogP) is 3.69. The third kappa shape index (κ3) is 5.44. The van der Waals surface area contributed by atoms with E-state index in [4.69, 9.17) is 0 Å². The van der Waals surface area contributed by atoms with E-state index in [9.17, 15) is 14.4 Å². The van der Waals surface area contributed by atoms with Crippen molar-refractivity contribution in [2.75, 3.05) is 24.3 Å². The smallest absolute Gasteiger partial charge is 0.297 e. The molecule has 0 saturated heterocycles. The standard InChI is InChI=1S/C27H25N5O3/c1-18(33)28-22-13-11-21(12-14-22)26(34)30-32-25(20-7-5-4-6-8-20)29-24(27(32)35)17-19-9-15-23(16-10-19)31(2)3/h4-17H,1-3H3,(H,28,33)(H,30,34). The Balaban J connectivity index is 1.61. The molecule has 0 spiro atoms. The molecule has 0 atom stereocenters. The molecule has 4 rings (SSSR count). The average Bonchev–Trinajstić information content (AvgIpc) is 3.15. The third-order valence-electron chi connectivity index (χ3n) is 5.29. The summed E-state index contributed by atoms with van der Waals surface area (Å²) in [5.74, 6) is -0.795. The molecular formula is C27H25N5O3. The molecule has 8 nitrogen and oxygen atoms in total. The number of amidine groups is 1. The first-order valence-corrected chi connectivity index (χ1v) is 11.0. The zero-order valence-corrected chi connectivity index (χ0v) is 19.6. The van der Waals surface area contributed by atoms with Gasteiger partial charge >= 0.3 is 0 Å². The molecule has 8 heteroatoms. The van der Waals surface area contributed by atoms with Crippen molar-refractivity contribution in [3.05, 3.63) is 101 Å². The van der Waals surface area contributed by atoms with Crippen LogP contribution in [0.5, 0.6) is 0 Å². The molecule has 3 aromatic rings. The Hall–Kier alpha value is -4.72. The highest BCUT2D eigenvalue weighted by Crippen LogP contribution is 2.22. The van der Waals surface area contributed by atoms with Gasteiger partial charge in [0.15, 0.2) is 5.84 Å². The fourth-order valence-electron chi connectivity index (χ4n) is 3.50. The molecule has 35 heavy (non-hydrogen) atoms. The molecular weight excluding hydrogens is 442 g/mol. The maximum Gasteiger partial charge on any atom is 0.297 e. The fourth-order valence-corrected chi connectivity index (χ4v) is 3.50. The van der Waals surface area contributed by atoms with Gasteiger partial charge in [-0.2, -0.15) is 5.01 Å². The second-order valence-corrected chi connectivity index (χ2v) is 8.16. The third-order valence-corrected chi connectivity index (χ3v) is 5.29. The SMILES string of the molecule is CC(=O)Nc1ccc(C(=O)NN2C(=O)C(=Cc3ccc(N(C)C)cc3)N=C2c2ccccc2)cc1. The van der Waals surface area contributed by atoms with Crippen LogP contribution in [0.15, 0.2) is 89.6 Å². The molecule has 1 aliphatic heterocycles. The molecule has 0 fully saturated rings. The lowest BCUT2D eigenvalue weighted by Gasteiger charge is -2.19. The van der Waals surface area contributed by atoms with Crippen LogP contribution in [0.4, 0.5) is 11.4 Å². The number of rotatable bonds is 6. The van der Waals surface area contributed by atoms with Crippen molar-refractivity contribution in [2.24, 2.45) is 4.99 Å². The Bertz CT molecular complexity index is 1310. The summed E-state index contributed by atoms with van der Waals surface area (Å²) in [6, 6.07) is 23.3. The number of carbonyl (C=O) groups is 3. The number of amides is 3. The Morgan fingerprint density at radius 2 is 1.57 bits per heavy atom. The molecule has 0 saturated carbocycles. The summed E-state index contributed by atoms with van der Waals surface area (Å²) < 4.78 is 0. The van der Waals surface area contributed by atoms with E-state index in [2.05, 4.69) is 15.7 Å². The summed E-state index contributed by atoms with van der Waals surface area (Å²) in [6.45, 7) is 1.41. The monoisotopic (exact) mass is 467 g/mol. The first kappa shape index (κ1) is 23.4. The van der Waals surface area contributed by atoms with E-state index in [-0.39, 0.29) is 11.6 Å². The molecule has 176 valence electrons. The lowest BCUT2D eigenvalue weighted by Crippen LogP contribution is -2.47. The van der Waals surface area contributed by atoms with Gasteiger partial charge in [0.1, 0.15) is 5.70 Å². The van der Waals surface area contributed by atoms with Gasteiger partial charge in [0.05, 0.1) is 0 Å². The summed E-state index contributed by atoms with van der Waals surface area (Å²) in [6.07, 6.45) is 1.69. The van der Waals surface area contributed by atoms with Crippen molar-refractivity contribution in [3.63, 3.8) is 0 Å². The zero-order chi connectivity index (χ0) is 24.9. The summed E-state index contributed by atoms with van der Waals surface area (Å²) in [4.78, 5) is 44.0. The fraction of sp³-hybridized carbons (Fsp3) is 0.111. The highest BCUT2D eigenvalue weighted by Gasteiger charge is 2.33. The van der Waals surface area contributed by atoms with E-state index >= 15 is 0 Å². The average molecular weight is 468 g/mol. The van der Waals surface area contributed by atoms with E-state index in [1.54, 1.807) is 30.3 Å². The van der Waals surface area contributed by atoms with Gasteiger partial charge in [0, 0.05) is 43.5 Å². The quantitative estimate of drug-likeness (QED) is 0.541. The van der Waals surface area contributed by atoms with Gasteiger partial charge in [-0.15, -0.1) is 0 Å². The van der Waals surface area contributed by atoms with Gasteiger partial charge in [0.25, 0.3) is 11.8 Å². The molecule has 3 amide bonds. The van der Waals surface area contributed by atoms with Crippen LogP contribution in [0, 0.1) is 0 Å². The first-order chi connectivity index (χ1) is 16.8. The molecule has 0 radical (unpaired) electrons. The molecule has 1 aliphatic rings. The predicted molar refractivity (Wildman–Crippen MR) is 137 cm³/mol. The topological polar surface area (TPSA) is 94.1 Å². The normalized spacial score (nSPS) is 14.0. The summed E-state index contributed by atoms with van der Waals surface area (Å²) >= 11 is 0. The number of anilines is 2. The highest BCUT2D eigenvalue weighted by atomic mass is 16.2. The second kappa shape index (κ2) is 10.0. The Morgan fingerprint density at radius 1 is 0.914 bits per heavy atom. The Kier molecular flexibility index (Phi) is 6.73. The molecule has 3 aromatic carbocycles. The minimum absolute atomic E-state index is 0.204. The van der Waals surface area contributed by atoms with Crippen LogP contribution in [0.3, 0.4) is 0 Å². The number of nitrogens with zero attached hydrogens (tertiary/aromatic N) is 3. The van der Waals surface area contributed by atoms with Crippen LogP contribution >= 0.6 is 0 Å². The van der Waals surface area contributed by atoms with Gasteiger partial charge in [-0.3, -0.25) is 19.8 Å². The molecule has 1 heterocycles. The summed E-state index contributed by atoms with van der Waals surface area (Å²) in [7, 11) is 3.91. The second-order valence-electron chi connectivity index (χ2n) is 8.16. The van der Waals surface area contributed by atoms with Crippen LogP contribution in [-0.4, -0.2) is 42.7 Å². The van der Waals surface area contributed by atoms with E-state index in [1.807, 2.05) is 73.6 Å². The Morgan fingerprint density at radius 3 is 2.17 bits per heavy atom. The van der Waals surface area contributed by atoms with Crippen molar-refractivity contribution in [3.8, 4) is 0 Å². The van der Waals surface area contributed by atoms with E-state index in [0.717, 1.165) is 11.3 Å². The minimum Gasteiger partial charge on any atom is -0.378 e. The molecule has 0 aliphatic carbocycles. The summed E-state index contributed by atoms with van der Waals surface area (Å²) in [5, 5.41) is 3.82. The van der Waals surface area contributed by atoms with Crippen LogP contribution in [0.1, 0.15) is 28.4 Å². The lowest BCUT2D eigenvalue weighted by atomic mass is 10.1. The zero-order valence-electron chi connectivity index (χ0n) is 19.6. The molecule has 2 N–H and O–H groups in total. The number of benzene rings is 3. The van der Waals surface area contributed by atoms with Crippen LogP contribution in [0.2, 0.25) is 0 Å². The van der Waals surface area contributed by atoms with Crippen molar-refractivity contribution < 1.29 is 14.4 Å². The van der Waals surface area contributed by atoms with Crippen LogP contribution < -0.4 is 15.6 Å². The number of carbonyl (C=O) groups excluding carboxylic acids is 3. The molecule has 0 bridgehead atoms. The van der Waals surface area contributed by atoms with Crippen molar-refractivity contribution >= 4 is 41.0 Å². The minimum atomic E-state index is -0.479. The number of hydrogen-bond acceptors (Lipinski definition) is 5. The summed E-state index contributed by atoms with van der Waals surface area (Å²) in [5.41, 5.74) is 6.33. The van der Waals surface area contributed by atoms with Gasteiger partial charge in [-0.25, -0.2) is 4.99 Å². The van der Waals surface area contributed by atoms with E-state index in [0.29, 0.717) is 22.6 Å². The number of aliphatic imine (C=N–C) groups is 1. The largest absolute Gasteiger partial charge is 0.378 e. The Labute approximate surface area is 203 Å². The van der Waals surface area contributed by atoms with Crippen molar-refractivity contribution in [2.45, 2.75) is 6.92 Å². The van der Waals surface area contributed by atoms with E-state index in [1.165, 1.54) is 11.9 Å². The maximum absolute atomic E-state index is 13.3. The highest BCUT2D eigenvalue weighted by molar-refractivity contribution is 6.20. The number of nitrogens with one attached hydrogen (secondary N) is 2. The first-order valence-electron chi connectivity index (χ1n) is 11.0. The molecule has 0 aromatic heterocycles. The van der Waals surface area contributed by atoms with Crippen LogP contribution in [-0.2, 0) is 9.59 Å². The van der Waals surface area contributed by atoms with Crippen LogP contribution in [0.25, 0.3) is 6.08 Å².